The lowest BCUT2D eigenvalue weighted by molar-refractivity contribution is 0.591. The van der Waals surface area contributed by atoms with E-state index in [1.165, 1.54) is 16.4 Å². The average molecular weight is 316 g/mol. The van der Waals surface area contributed by atoms with Gasteiger partial charge < -0.3 is 0 Å². The average Bonchev–Trinajstić information content (AvgIpc) is 2.54. The lowest BCUT2D eigenvalue weighted by Crippen LogP contribution is -2.35. The second kappa shape index (κ2) is 5.43. The summed E-state index contributed by atoms with van der Waals surface area (Å²) in [5.41, 5.74) is 0.856. The highest BCUT2D eigenvalue weighted by Gasteiger charge is 2.30. The molecule has 2 aromatic carbocycles. The van der Waals surface area contributed by atoms with Crippen molar-refractivity contribution in [3.63, 3.8) is 0 Å². The highest BCUT2D eigenvalue weighted by atomic mass is 32.2. The summed E-state index contributed by atoms with van der Waals surface area (Å²) in [6.07, 6.45) is 0. The summed E-state index contributed by atoms with van der Waals surface area (Å²) in [6, 6.07) is 15.7. The Balaban J connectivity index is 2.15. The molecule has 0 spiro atoms. The molecule has 0 aliphatic carbocycles. The Bertz CT molecular complexity index is 826. The van der Waals surface area contributed by atoms with Crippen LogP contribution in [0, 0.1) is 11.3 Å². The smallest absolute Gasteiger partial charge is 0.264 e. The zero-order valence-corrected chi connectivity index (χ0v) is 12.7. The molecule has 1 aliphatic heterocycles. The Hall–Kier alpha value is -1.97. The summed E-state index contributed by atoms with van der Waals surface area (Å²) in [5, 5.41) is 9.14. The quantitative estimate of drug-likeness (QED) is 0.855. The van der Waals surface area contributed by atoms with E-state index in [4.69, 9.17) is 5.26 Å². The summed E-state index contributed by atoms with van der Waals surface area (Å²) in [6.45, 7) is 0.407. The molecule has 0 saturated heterocycles. The van der Waals surface area contributed by atoms with Crippen LogP contribution in [0.3, 0.4) is 0 Å². The molecule has 0 saturated carbocycles. The van der Waals surface area contributed by atoms with E-state index in [1.807, 2.05) is 24.3 Å². The topological polar surface area (TPSA) is 61.2 Å². The Morgan fingerprint density at radius 2 is 1.81 bits per heavy atom. The lowest BCUT2D eigenvalue weighted by atomic mass is 10.2. The van der Waals surface area contributed by atoms with Gasteiger partial charge in [-0.1, -0.05) is 24.3 Å². The number of rotatable bonds is 2. The highest BCUT2D eigenvalue weighted by molar-refractivity contribution is 8.00. The normalized spacial score (nSPS) is 14.3. The first-order valence-electron chi connectivity index (χ1n) is 6.38. The molecule has 3 rings (SSSR count). The van der Waals surface area contributed by atoms with E-state index < -0.39 is 10.0 Å². The Morgan fingerprint density at radius 1 is 1.10 bits per heavy atom. The van der Waals surface area contributed by atoms with Gasteiger partial charge in [-0.25, -0.2) is 8.42 Å². The van der Waals surface area contributed by atoms with Gasteiger partial charge in [0.25, 0.3) is 10.0 Å². The van der Waals surface area contributed by atoms with Crippen LogP contribution in [-0.4, -0.2) is 20.7 Å². The Kier molecular flexibility index (Phi) is 3.62. The standard InChI is InChI=1S/C15H12N2O2S2/c16-11-12-5-1-4-8-15(12)21(18,19)17-9-10-20-14-7-3-2-6-13(14)17/h1-8H,9-10H2. The number of para-hydroxylation sites is 1. The number of nitrogens with zero attached hydrogens (tertiary/aromatic N) is 2. The lowest BCUT2D eigenvalue weighted by Gasteiger charge is -2.30. The second-order valence-electron chi connectivity index (χ2n) is 4.50. The van der Waals surface area contributed by atoms with Gasteiger partial charge >= 0.3 is 0 Å². The van der Waals surface area contributed by atoms with E-state index in [9.17, 15) is 8.42 Å². The molecule has 0 amide bonds. The molecule has 6 heteroatoms. The summed E-state index contributed by atoms with van der Waals surface area (Å²) < 4.78 is 27.2. The first-order chi connectivity index (χ1) is 10.1. The van der Waals surface area contributed by atoms with Gasteiger partial charge in [-0.3, -0.25) is 4.31 Å². The molecule has 1 heterocycles. The third-order valence-electron chi connectivity index (χ3n) is 3.26. The number of fused-ring (bicyclic) bond motifs is 1. The molecule has 0 aromatic heterocycles. The fraction of sp³-hybridized carbons (Fsp3) is 0.133. The minimum atomic E-state index is -3.72. The predicted molar refractivity (Wildman–Crippen MR) is 82.9 cm³/mol. The van der Waals surface area contributed by atoms with E-state index >= 15 is 0 Å². The van der Waals surface area contributed by atoms with Crippen LogP contribution in [0.2, 0.25) is 0 Å². The van der Waals surface area contributed by atoms with Crippen molar-refractivity contribution in [2.24, 2.45) is 0 Å². The molecule has 0 radical (unpaired) electrons. The first-order valence-corrected chi connectivity index (χ1v) is 8.81. The van der Waals surface area contributed by atoms with Gasteiger partial charge in [-0.05, 0) is 24.3 Å². The van der Waals surface area contributed by atoms with Gasteiger partial charge in [-0.2, -0.15) is 5.26 Å². The van der Waals surface area contributed by atoms with Crippen LogP contribution in [0.1, 0.15) is 5.56 Å². The fourth-order valence-electron chi connectivity index (χ4n) is 2.30. The van der Waals surface area contributed by atoms with E-state index in [0.29, 0.717) is 18.0 Å². The molecular weight excluding hydrogens is 304 g/mol. The molecule has 0 N–H and O–H groups in total. The van der Waals surface area contributed by atoms with Gasteiger partial charge in [0.2, 0.25) is 0 Å². The number of benzene rings is 2. The number of hydrogen-bond donors (Lipinski definition) is 0. The van der Waals surface area contributed by atoms with Gasteiger partial charge in [0.1, 0.15) is 11.0 Å². The van der Waals surface area contributed by atoms with Gasteiger partial charge in [-0.15, -0.1) is 11.8 Å². The van der Waals surface area contributed by atoms with Gasteiger partial charge in [0, 0.05) is 17.2 Å². The molecule has 1 aliphatic rings. The zero-order valence-electron chi connectivity index (χ0n) is 11.1. The number of anilines is 1. The monoisotopic (exact) mass is 316 g/mol. The van der Waals surface area contributed by atoms with Crippen molar-refractivity contribution in [3.8, 4) is 6.07 Å². The van der Waals surface area contributed by atoms with Crippen LogP contribution < -0.4 is 4.31 Å². The van der Waals surface area contributed by atoms with Crippen LogP contribution in [0.5, 0.6) is 0 Å². The van der Waals surface area contributed by atoms with Crippen molar-refractivity contribution < 1.29 is 8.42 Å². The van der Waals surface area contributed by atoms with Crippen molar-refractivity contribution in [1.29, 1.82) is 5.26 Å². The second-order valence-corrected chi connectivity index (χ2v) is 7.47. The SMILES string of the molecule is N#Cc1ccccc1S(=O)(=O)N1CCSc2ccccc21. The van der Waals surface area contributed by atoms with E-state index in [-0.39, 0.29) is 10.5 Å². The fourth-order valence-corrected chi connectivity index (χ4v) is 5.09. The summed E-state index contributed by atoms with van der Waals surface area (Å²) in [7, 11) is -3.72. The minimum Gasteiger partial charge on any atom is -0.264 e. The van der Waals surface area contributed by atoms with E-state index in [2.05, 4.69) is 0 Å². The van der Waals surface area contributed by atoms with Crippen LogP contribution in [-0.2, 0) is 10.0 Å². The molecule has 4 nitrogen and oxygen atoms in total. The largest absolute Gasteiger partial charge is 0.265 e. The number of nitriles is 1. The summed E-state index contributed by atoms with van der Waals surface area (Å²) in [4.78, 5) is 1.01. The van der Waals surface area contributed by atoms with Crippen LogP contribution in [0.25, 0.3) is 0 Å². The van der Waals surface area contributed by atoms with Crippen molar-refractivity contribution in [1.82, 2.24) is 0 Å². The number of thioether (sulfide) groups is 1. The van der Waals surface area contributed by atoms with Crippen LogP contribution in [0.4, 0.5) is 5.69 Å². The van der Waals surface area contributed by atoms with E-state index in [0.717, 1.165) is 4.90 Å². The van der Waals surface area contributed by atoms with E-state index in [1.54, 1.807) is 30.0 Å². The van der Waals surface area contributed by atoms with Crippen molar-refractivity contribution in [3.05, 3.63) is 54.1 Å². The van der Waals surface area contributed by atoms with Crippen LogP contribution >= 0.6 is 11.8 Å². The van der Waals surface area contributed by atoms with Crippen molar-refractivity contribution >= 4 is 27.5 Å². The molecular formula is C15H12N2O2S2. The molecule has 0 bridgehead atoms. The molecule has 0 unspecified atom stereocenters. The maximum Gasteiger partial charge on any atom is 0.265 e. The summed E-state index contributed by atoms with van der Waals surface area (Å²) in [5.74, 6) is 0.699. The minimum absolute atomic E-state index is 0.0641. The number of hydrogen-bond acceptors (Lipinski definition) is 4. The highest BCUT2D eigenvalue weighted by Crippen LogP contribution is 2.37. The first kappa shape index (κ1) is 14.0. The molecule has 0 atom stereocenters. The molecule has 21 heavy (non-hydrogen) atoms. The Morgan fingerprint density at radius 3 is 2.62 bits per heavy atom. The van der Waals surface area contributed by atoms with Crippen molar-refractivity contribution in [2.45, 2.75) is 9.79 Å². The maximum atomic E-state index is 12.9. The van der Waals surface area contributed by atoms with Gasteiger partial charge in [0.15, 0.2) is 0 Å². The Labute approximate surface area is 128 Å². The third kappa shape index (κ3) is 2.39. The molecule has 0 fully saturated rings. The molecule has 106 valence electrons. The maximum absolute atomic E-state index is 12.9. The zero-order chi connectivity index (χ0) is 14.9. The third-order valence-corrected chi connectivity index (χ3v) is 6.18. The number of sulfonamides is 1. The van der Waals surface area contributed by atoms with Gasteiger partial charge in [0.05, 0.1) is 11.3 Å². The van der Waals surface area contributed by atoms with Crippen molar-refractivity contribution in [2.75, 3.05) is 16.6 Å². The predicted octanol–water partition coefficient (Wildman–Crippen LogP) is 2.86. The van der Waals surface area contributed by atoms with Crippen LogP contribution in [0.15, 0.2) is 58.3 Å². The summed E-state index contributed by atoms with van der Waals surface area (Å²) >= 11 is 1.64. The molecule has 2 aromatic rings.